The zero-order valence-electron chi connectivity index (χ0n) is 10.9. The number of carboxylic acids is 1. The quantitative estimate of drug-likeness (QED) is 0.498. The first-order valence-corrected chi connectivity index (χ1v) is 5.28. The Morgan fingerprint density at radius 2 is 2.05 bits per heavy atom. The van der Waals surface area contributed by atoms with Crippen molar-refractivity contribution in [3.8, 4) is 11.6 Å². The summed E-state index contributed by atoms with van der Waals surface area (Å²) in [5, 5.41) is 24.2. The Morgan fingerprint density at radius 1 is 1.45 bits per heavy atom. The molecule has 0 atom stereocenters. The Bertz CT molecular complexity index is 653. The van der Waals surface area contributed by atoms with Crippen LogP contribution in [0.25, 0.3) is 5.69 Å². The van der Waals surface area contributed by atoms with Crippen LogP contribution in [0.15, 0.2) is 29.3 Å². The van der Waals surface area contributed by atoms with E-state index in [1.807, 2.05) is 0 Å². The second-order valence-electron chi connectivity index (χ2n) is 3.72. The summed E-state index contributed by atoms with van der Waals surface area (Å²) >= 11 is 0. The maximum absolute atomic E-state index is 12.8. The SMILES string of the molecule is Cc1nn(-c2ccc(F)cc2)c(O)c1/N=C/C(=O)[O-].[Na+]. The van der Waals surface area contributed by atoms with Crippen LogP contribution in [-0.2, 0) is 4.79 Å². The number of carbonyl (C=O) groups is 1. The van der Waals surface area contributed by atoms with Crippen LogP contribution in [-0.4, -0.2) is 27.1 Å². The van der Waals surface area contributed by atoms with E-state index in [1.165, 1.54) is 24.3 Å². The maximum Gasteiger partial charge on any atom is 1.00 e. The van der Waals surface area contributed by atoms with Crippen LogP contribution < -0.4 is 34.7 Å². The smallest absolute Gasteiger partial charge is 0.544 e. The molecule has 98 valence electrons. The molecule has 0 saturated carbocycles. The summed E-state index contributed by atoms with van der Waals surface area (Å²) in [6.07, 6.45) is 0.554. The zero-order valence-corrected chi connectivity index (χ0v) is 12.9. The third-order valence-corrected chi connectivity index (χ3v) is 2.38. The summed E-state index contributed by atoms with van der Waals surface area (Å²) in [5.74, 6) is -2.22. The van der Waals surface area contributed by atoms with Crippen LogP contribution in [0, 0.1) is 12.7 Å². The van der Waals surface area contributed by atoms with Gasteiger partial charge in [-0.25, -0.2) is 9.38 Å². The average Bonchev–Trinajstić information content (AvgIpc) is 2.63. The van der Waals surface area contributed by atoms with E-state index in [-0.39, 0.29) is 41.1 Å². The number of carbonyl (C=O) groups excluding carboxylic acids is 1. The number of carboxylic acid groups (broad SMARTS) is 1. The third kappa shape index (κ3) is 3.44. The van der Waals surface area contributed by atoms with Gasteiger partial charge >= 0.3 is 29.6 Å². The molecule has 0 fully saturated rings. The normalized spacial score (nSPS) is 10.5. The standard InChI is InChI=1S/C12H10FN3O3.Na/c1-7-11(14-6-10(17)18)12(19)16(15-7)9-4-2-8(13)3-5-9;/h2-6,19H,1H3,(H,17,18);/q;+1/p-1/b14-6+;. The van der Waals surface area contributed by atoms with E-state index in [0.29, 0.717) is 17.6 Å². The first kappa shape index (κ1) is 16.4. The van der Waals surface area contributed by atoms with E-state index in [2.05, 4.69) is 10.1 Å². The molecule has 0 aliphatic rings. The number of nitrogens with zero attached hydrogens (tertiary/aromatic N) is 3. The van der Waals surface area contributed by atoms with Gasteiger partial charge in [0.1, 0.15) is 11.5 Å². The Hall–Kier alpha value is -1.70. The summed E-state index contributed by atoms with van der Waals surface area (Å²) in [6.45, 7) is 1.56. The van der Waals surface area contributed by atoms with Crippen LogP contribution >= 0.6 is 0 Å². The first-order valence-electron chi connectivity index (χ1n) is 5.28. The Kier molecular flexibility index (Phi) is 5.43. The molecule has 0 radical (unpaired) electrons. The summed E-state index contributed by atoms with van der Waals surface area (Å²) in [4.78, 5) is 13.9. The van der Waals surface area contributed by atoms with E-state index in [1.54, 1.807) is 6.92 Å². The van der Waals surface area contributed by atoms with Gasteiger partial charge in [0.15, 0.2) is 0 Å². The van der Waals surface area contributed by atoms with Crippen molar-refractivity contribution in [3.05, 3.63) is 35.8 Å². The van der Waals surface area contributed by atoms with Crippen molar-refractivity contribution in [2.75, 3.05) is 0 Å². The molecule has 0 aliphatic heterocycles. The molecule has 1 aromatic heterocycles. The molecule has 2 aromatic rings. The second kappa shape index (κ2) is 6.65. The number of aromatic nitrogens is 2. The van der Waals surface area contributed by atoms with Crippen molar-refractivity contribution < 1.29 is 49.0 Å². The van der Waals surface area contributed by atoms with Crippen molar-refractivity contribution in [1.82, 2.24) is 9.78 Å². The molecule has 2 rings (SSSR count). The fourth-order valence-corrected chi connectivity index (χ4v) is 1.54. The molecule has 0 bridgehead atoms. The molecular formula is C12H9FN3NaO3. The molecule has 0 saturated heterocycles. The molecule has 1 aromatic carbocycles. The minimum Gasteiger partial charge on any atom is -0.544 e. The number of aromatic hydroxyl groups is 1. The maximum atomic E-state index is 12.8. The molecule has 0 aliphatic carbocycles. The topological polar surface area (TPSA) is 90.5 Å². The van der Waals surface area contributed by atoms with Crippen molar-refractivity contribution in [2.24, 2.45) is 4.99 Å². The molecule has 0 amide bonds. The zero-order chi connectivity index (χ0) is 14.0. The third-order valence-electron chi connectivity index (χ3n) is 2.38. The van der Waals surface area contributed by atoms with Crippen molar-refractivity contribution >= 4 is 17.9 Å². The number of aryl methyl sites for hydroxylation is 1. The number of aliphatic carboxylic acids is 1. The van der Waals surface area contributed by atoms with Crippen LogP contribution in [0.3, 0.4) is 0 Å². The Morgan fingerprint density at radius 3 is 2.60 bits per heavy atom. The Labute approximate surface area is 135 Å². The van der Waals surface area contributed by atoms with E-state index in [4.69, 9.17) is 0 Å². The van der Waals surface area contributed by atoms with Gasteiger partial charge in [-0.15, -0.1) is 0 Å². The number of benzene rings is 1. The second-order valence-corrected chi connectivity index (χ2v) is 3.72. The van der Waals surface area contributed by atoms with Crippen LogP contribution in [0.2, 0.25) is 0 Å². The number of halogens is 1. The predicted octanol–water partition coefficient (Wildman–Crippen LogP) is -2.52. The summed E-state index contributed by atoms with van der Waals surface area (Å²) in [6, 6.07) is 5.28. The predicted molar refractivity (Wildman–Crippen MR) is 63.1 cm³/mol. The molecular weight excluding hydrogens is 276 g/mol. The van der Waals surface area contributed by atoms with Gasteiger partial charge in [-0.1, -0.05) is 0 Å². The fraction of sp³-hybridized carbons (Fsp3) is 0.0833. The van der Waals surface area contributed by atoms with Crippen molar-refractivity contribution in [1.29, 1.82) is 0 Å². The van der Waals surface area contributed by atoms with Gasteiger partial charge < -0.3 is 15.0 Å². The van der Waals surface area contributed by atoms with E-state index < -0.39 is 11.8 Å². The largest absolute Gasteiger partial charge is 1.00 e. The van der Waals surface area contributed by atoms with Gasteiger partial charge in [-0.3, -0.25) is 0 Å². The van der Waals surface area contributed by atoms with Gasteiger partial charge in [0.25, 0.3) is 0 Å². The molecule has 0 spiro atoms. The minimum absolute atomic E-state index is 0. The number of hydrogen-bond acceptors (Lipinski definition) is 5. The summed E-state index contributed by atoms with van der Waals surface area (Å²) < 4.78 is 13.9. The number of hydrogen-bond donors (Lipinski definition) is 1. The Balaban J connectivity index is 0.00000200. The van der Waals surface area contributed by atoms with Gasteiger partial charge in [-0.05, 0) is 31.2 Å². The molecule has 1 heterocycles. The monoisotopic (exact) mass is 285 g/mol. The van der Waals surface area contributed by atoms with Gasteiger partial charge in [0.2, 0.25) is 5.88 Å². The number of aliphatic imine (C=N–C) groups is 1. The first-order chi connectivity index (χ1) is 8.99. The summed E-state index contributed by atoms with van der Waals surface area (Å²) in [5.41, 5.74) is 0.782. The van der Waals surface area contributed by atoms with E-state index in [9.17, 15) is 19.4 Å². The average molecular weight is 285 g/mol. The molecule has 8 heteroatoms. The molecule has 1 N–H and O–H groups in total. The van der Waals surface area contributed by atoms with Gasteiger partial charge in [-0.2, -0.15) is 9.78 Å². The van der Waals surface area contributed by atoms with Crippen LogP contribution in [0.5, 0.6) is 5.88 Å². The van der Waals surface area contributed by atoms with Gasteiger partial charge in [0, 0.05) is 0 Å². The van der Waals surface area contributed by atoms with Gasteiger partial charge in [0.05, 0.1) is 23.6 Å². The molecule has 6 nitrogen and oxygen atoms in total. The molecule has 20 heavy (non-hydrogen) atoms. The summed E-state index contributed by atoms with van der Waals surface area (Å²) in [7, 11) is 0. The minimum atomic E-state index is -1.48. The van der Waals surface area contributed by atoms with Crippen molar-refractivity contribution in [3.63, 3.8) is 0 Å². The fourth-order valence-electron chi connectivity index (χ4n) is 1.54. The van der Waals surface area contributed by atoms with Crippen LogP contribution in [0.4, 0.5) is 10.1 Å². The number of rotatable bonds is 3. The van der Waals surface area contributed by atoms with Crippen LogP contribution in [0.1, 0.15) is 5.69 Å². The molecule has 0 unspecified atom stereocenters. The van der Waals surface area contributed by atoms with Crippen molar-refractivity contribution in [2.45, 2.75) is 6.92 Å². The van der Waals surface area contributed by atoms with E-state index in [0.717, 1.165) is 4.68 Å². The van der Waals surface area contributed by atoms with E-state index >= 15 is 0 Å².